The zero-order valence-corrected chi connectivity index (χ0v) is 12.9. The van der Waals surface area contributed by atoms with E-state index in [9.17, 15) is 4.79 Å². The van der Waals surface area contributed by atoms with E-state index < -0.39 is 0 Å². The molecular weight excluding hydrogens is 268 g/mol. The number of carbonyl (C=O) groups excluding carboxylic acids is 1. The Morgan fingerprint density at radius 3 is 2.80 bits per heavy atom. The van der Waals surface area contributed by atoms with E-state index in [0.29, 0.717) is 6.54 Å². The zero-order valence-electron chi connectivity index (χ0n) is 12.1. The van der Waals surface area contributed by atoms with Crippen molar-refractivity contribution in [3.05, 3.63) is 35.0 Å². The number of aromatic nitrogens is 1. The lowest BCUT2D eigenvalue weighted by Gasteiger charge is -2.22. The topological polar surface area (TPSA) is 37.3 Å². The quantitative estimate of drug-likeness (QED) is 0.842. The fourth-order valence-corrected chi connectivity index (χ4v) is 4.03. The van der Waals surface area contributed by atoms with E-state index in [-0.39, 0.29) is 5.78 Å². The van der Waals surface area contributed by atoms with Gasteiger partial charge < -0.3 is 9.88 Å². The minimum atomic E-state index is 0.277. The summed E-state index contributed by atoms with van der Waals surface area (Å²) in [4.78, 5) is 17.4. The van der Waals surface area contributed by atoms with E-state index in [2.05, 4.69) is 30.1 Å². The van der Waals surface area contributed by atoms with Crippen LogP contribution in [0.1, 0.15) is 21.6 Å². The van der Waals surface area contributed by atoms with E-state index >= 15 is 0 Å². The van der Waals surface area contributed by atoms with Crippen molar-refractivity contribution in [1.82, 2.24) is 4.98 Å². The molecule has 0 amide bonds. The molecule has 4 heteroatoms. The first-order valence-electron chi connectivity index (χ1n) is 7.18. The van der Waals surface area contributed by atoms with Crippen LogP contribution in [0.5, 0.6) is 0 Å². The zero-order chi connectivity index (χ0) is 14.1. The van der Waals surface area contributed by atoms with Crippen LogP contribution in [0.15, 0.2) is 18.2 Å². The van der Waals surface area contributed by atoms with Crippen LogP contribution in [-0.4, -0.2) is 41.9 Å². The molecule has 20 heavy (non-hydrogen) atoms. The molecule has 1 aromatic carbocycles. The lowest BCUT2D eigenvalue weighted by atomic mass is 10.0. The number of ketones is 1. The largest absolute Gasteiger partial charge is 0.358 e. The van der Waals surface area contributed by atoms with E-state index in [4.69, 9.17) is 0 Å². The highest BCUT2D eigenvalue weighted by atomic mass is 32.2. The van der Waals surface area contributed by atoms with Gasteiger partial charge in [-0.15, -0.1) is 0 Å². The summed E-state index contributed by atoms with van der Waals surface area (Å²) in [6.07, 6.45) is 0. The predicted molar refractivity (Wildman–Crippen MR) is 85.0 cm³/mol. The van der Waals surface area contributed by atoms with Gasteiger partial charge in [-0.25, -0.2) is 0 Å². The summed E-state index contributed by atoms with van der Waals surface area (Å²) in [7, 11) is 0. The van der Waals surface area contributed by atoms with Crippen LogP contribution in [-0.2, 0) is 0 Å². The number of thioether (sulfide) groups is 1. The highest BCUT2D eigenvalue weighted by Crippen LogP contribution is 2.23. The Morgan fingerprint density at radius 2 is 2.05 bits per heavy atom. The highest BCUT2D eigenvalue weighted by molar-refractivity contribution is 7.99. The number of benzene rings is 1. The van der Waals surface area contributed by atoms with Gasteiger partial charge in [0, 0.05) is 28.1 Å². The van der Waals surface area contributed by atoms with Gasteiger partial charge in [0.2, 0.25) is 5.78 Å². The number of aromatic amines is 1. The molecule has 106 valence electrons. The number of rotatable bonds is 3. The molecule has 0 bridgehead atoms. The molecule has 2 aromatic rings. The highest BCUT2D eigenvalue weighted by Gasteiger charge is 2.22. The third-order valence-electron chi connectivity index (χ3n) is 4.03. The summed E-state index contributed by atoms with van der Waals surface area (Å²) in [5.74, 6) is 2.63. The van der Waals surface area contributed by atoms with Gasteiger partial charge in [0.1, 0.15) is 6.54 Å². The minimum Gasteiger partial charge on any atom is -0.358 e. The summed E-state index contributed by atoms with van der Waals surface area (Å²) >= 11 is 1.99. The van der Waals surface area contributed by atoms with Crippen molar-refractivity contribution < 1.29 is 9.69 Å². The monoisotopic (exact) mass is 289 g/mol. The van der Waals surface area contributed by atoms with Crippen molar-refractivity contribution in [2.45, 2.75) is 13.8 Å². The molecule has 0 saturated carbocycles. The minimum absolute atomic E-state index is 0.277. The Kier molecular flexibility index (Phi) is 3.85. The summed E-state index contributed by atoms with van der Waals surface area (Å²) in [5.41, 5.74) is 4.19. The van der Waals surface area contributed by atoms with E-state index in [1.54, 1.807) is 0 Å². The smallest absolute Gasteiger partial charge is 0.219 e. The molecule has 2 heterocycles. The Bertz CT molecular complexity index is 641. The number of quaternary nitrogens is 1. The Hall–Kier alpha value is -1.26. The fourth-order valence-electron chi connectivity index (χ4n) is 2.96. The first-order chi connectivity index (χ1) is 9.65. The summed E-state index contributed by atoms with van der Waals surface area (Å²) in [5, 5.41) is 1.07. The van der Waals surface area contributed by atoms with Crippen molar-refractivity contribution in [2.24, 2.45) is 0 Å². The Balaban J connectivity index is 1.88. The number of nitrogens with one attached hydrogen (secondary N) is 2. The molecular formula is C16H21N2OS+. The molecule has 1 aliphatic heterocycles. The van der Waals surface area contributed by atoms with Gasteiger partial charge in [0.15, 0.2) is 0 Å². The molecule has 0 unspecified atom stereocenters. The third kappa shape index (κ3) is 2.63. The van der Waals surface area contributed by atoms with Gasteiger partial charge in [0.05, 0.1) is 18.7 Å². The maximum Gasteiger partial charge on any atom is 0.219 e. The van der Waals surface area contributed by atoms with Gasteiger partial charge in [-0.1, -0.05) is 12.1 Å². The van der Waals surface area contributed by atoms with Crippen molar-refractivity contribution in [3.8, 4) is 0 Å². The Labute approximate surface area is 123 Å². The molecule has 2 N–H and O–H groups in total. The number of fused-ring (bicyclic) bond motifs is 1. The third-order valence-corrected chi connectivity index (χ3v) is 5.02. The van der Waals surface area contributed by atoms with Crippen LogP contribution in [0.3, 0.4) is 0 Å². The van der Waals surface area contributed by atoms with Crippen molar-refractivity contribution >= 4 is 28.4 Å². The van der Waals surface area contributed by atoms with Crippen LogP contribution in [0.4, 0.5) is 0 Å². The summed E-state index contributed by atoms with van der Waals surface area (Å²) in [6, 6.07) is 6.27. The van der Waals surface area contributed by atoms with E-state index in [1.165, 1.54) is 22.0 Å². The first kappa shape index (κ1) is 13.7. The lowest BCUT2D eigenvalue weighted by molar-refractivity contribution is -0.887. The number of hydrogen-bond donors (Lipinski definition) is 2. The molecule has 1 aromatic heterocycles. The molecule has 0 spiro atoms. The van der Waals surface area contributed by atoms with Gasteiger partial charge in [-0.3, -0.25) is 4.79 Å². The molecule has 0 atom stereocenters. The second-order valence-electron chi connectivity index (χ2n) is 5.64. The van der Waals surface area contributed by atoms with E-state index in [0.717, 1.165) is 35.2 Å². The van der Waals surface area contributed by atoms with Crippen molar-refractivity contribution in [1.29, 1.82) is 0 Å². The number of carbonyl (C=O) groups is 1. The summed E-state index contributed by atoms with van der Waals surface area (Å²) in [6.45, 7) is 6.92. The molecule has 0 radical (unpaired) electrons. The van der Waals surface area contributed by atoms with Crippen LogP contribution in [0.2, 0.25) is 0 Å². The predicted octanol–water partition coefficient (Wildman–Crippen LogP) is 1.60. The molecule has 3 nitrogen and oxygen atoms in total. The van der Waals surface area contributed by atoms with Gasteiger partial charge >= 0.3 is 0 Å². The average molecular weight is 289 g/mol. The maximum absolute atomic E-state index is 12.6. The maximum atomic E-state index is 12.6. The molecule has 0 aliphatic carbocycles. The Morgan fingerprint density at radius 1 is 1.30 bits per heavy atom. The van der Waals surface area contributed by atoms with Crippen molar-refractivity contribution in [3.63, 3.8) is 0 Å². The second-order valence-corrected chi connectivity index (χ2v) is 6.86. The van der Waals surface area contributed by atoms with Gasteiger partial charge in [-0.2, -0.15) is 11.8 Å². The molecule has 1 saturated heterocycles. The normalized spacial score (nSPS) is 16.7. The van der Waals surface area contributed by atoms with Crippen LogP contribution in [0, 0.1) is 13.8 Å². The lowest BCUT2D eigenvalue weighted by Crippen LogP contribution is -3.14. The first-order valence-corrected chi connectivity index (χ1v) is 8.34. The van der Waals surface area contributed by atoms with E-state index in [1.807, 2.05) is 18.7 Å². The number of hydrogen-bond acceptors (Lipinski definition) is 2. The number of aryl methyl sites for hydroxylation is 2. The molecule has 1 fully saturated rings. The average Bonchev–Trinajstić information content (AvgIpc) is 2.74. The number of Topliss-reactive ketones (excluding diaryl/α,β-unsaturated/α-hetero) is 1. The van der Waals surface area contributed by atoms with Crippen LogP contribution in [0.25, 0.3) is 10.9 Å². The fraction of sp³-hybridized carbons (Fsp3) is 0.438. The van der Waals surface area contributed by atoms with Crippen molar-refractivity contribution in [2.75, 3.05) is 31.1 Å². The van der Waals surface area contributed by atoms with Gasteiger partial charge in [0.25, 0.3) is 0 Å². The van der Waals surface area contributed by atoms with Crippen LogP contribution >= 0.6 is 11.8 Å². The SMILES string of the molecule is Cc1ccc2c(C(=O)C[NH+]3CCSCC3)c(C)[nH]c2c1. The molecule has 1 aliphatic rings. The number of H-pyrrole nitrogens is 1. The molecule has 3 rings (SSSR count). The van der Waals surface area contributed by atoms with Crippen LogP contribution < -0.4 is 4.90 Å². The second kappa shape index (κ2) is 5.62. The van der Waals surface area contributed by atoms with Gasteiger partial charge in [-0.05, 0) is 25.5 Å². The summed E-state index contributed by atoms with van der Waals surface area (Å²) < 4.78 is 0. The standard InChI is InChI=1S/C16H20N2OS/c1-11-3-4-13-14(9-11)17-12(2)16(13)15(19)10-18-5-7-20-8-6-18/h3-4,9,17H,5-8,10H2,1-2H3/p+1.